The minimum absolute atomic E-state index is 0.297. The van der Waals surface area contributed by atoms with Gasteiger partial charge in [0.2, 0.25) is 0 Å². The molecule has 0 saturated heterocycles. The maximum absolute atomic E-state index is 10.5. The summed E-state index contributed by atoms with van der Waals surface area (Å²) < 4.78 is 5.75. The molecule has 4 rings (SSSR count). The first-order valence-corrected chi connectivity index (χ1v) is 8.22. The number of hydrogen-bond donors (Lipinski definition) is 1. The predicted molar refractivity (Wildman–Crippen MR) is 78.6 cm³/mol. The highest BCUT2D eigenvalue weighted by Crippen LogP contribution is 2.50. The summed E-state index contributed by atoms with van der Waals surface area (Å²) in [5.41, 5.74) is 1.05. The Labute approximate surface area is 121 Å². The summed E-state index contributed by atoms with van der Waals surface area (Å²) >= 11 is 0. The van der Waals surface area contributed by atoms with Crippen LogP contribution in [0.25, 0.3) is 0 Å². The van der Waals surface area contributed by atoms with E-state index in [1.54, 1.807) is 0 Å². The van der Waals surface area contributed by atoms with Crippen molar-refractivity contribution in [3.05, 3.63) is 29.8 Å². The van der Waals surface area contributed by atoms with E-state index in [0.29, 0.717) is 6.10 Å². The van der Waals surface area contributed by atoms with E-state index in [4.69, 9.17) is 4.74 Å². The fraction of sp³-hybridized carbons (Fsp3) is 0.667. The number of rotatable bonds is 5. The fourth-order valence-corrected chi connectivity index (χ4v) is 4.23. The number of aliphatic hydroxyl groups excluding tert-OH is 1. The summed E-state index contributed by atoms with van der Waals surface area (Å²) in [4.78, 5) is 0. The molecule has 3 fully saturated rings. The standard InChI is InChI=1S/C18H24O2/c19-18(11-15-10-12-1-2-14(15)9-12)13-3-5-16(6-4-13)20-17-7-8-17/h3-6,12,14-15,17-19H,1-2,7-11H2. The number of benzene rings is 1. The SMILES string of the molecule is OC(CC1CC2CCC1C2)c1ccc(OC2CC2)cc1. The Morgan fingerprint density at radius 1 is 1.05 bits per heavy atom. The maximum Gasteiger partial charge on any atom is 0.119 e. The van der Waals surface area contributed by atoms with Gasteiger partial charge in [0.1, 0.15) is 5.75 Å². The largest absolute Gasteiger partial charge is 0.490 e. The quantitative estimate of drug-likeness (QED) is 0.875. The Morgan fingerprint density at radius 3 is 2.45 bits per heavy atom. The van der Waals surface area contributed by atoms with Crippen LogP contribution in [-0.2, 0) is 0 Å². The molecule has 4 atom stereocenters. The minimum atomic E-state index is -0.297. The van der Waals surface area contributed by atoms with Crippen LogP contribution in [0.15, 0.2) is 24.3 Å². The molecular weight excluding hydrogens is 248 g/mol. The van der Waals surface area contributed by atoms with Gasteiger partial charge in [-0.25, -0.2) is 0 Å². The first-order valence-electron chi connectivity index (χ1n) is 8.22. The molecule has 0 spiro atoms. The van der Waals surface area contributed by atoms with Gasteiger partial charge in [-0.2, -0.15) is 0 Å². The first-order chi connectivity index (χ1) is 9.78. The number of fused-ring (bicyclic) bond motifs is 2. The molecule has 4 unspecified atom stereocenters. The third-order valence-corrected chi connectivity index (χ3v) is 5.50. The number of ether oxygens (including phenoxy) is 1. The van der Waals surface area contributed by atoms with E-state index in [2.05, 4.69) is 0 Å². The van der Waals surface area contributed by atoms with Gasteiger partial charge in [-0.05, 0) is 74.0 Å². The van der Waals surface area contributed by atoms with Crippen molar-refractivity contribution in [3.63, 3.8) is 0 Å². The van der Waals surface area contributed by atoms with Crippen LogP contribution in [0.1, 0.15) is 56.6 Å². The molecular formula is C18H24O2. The molecule has 2 bridgehead atoms. The molecule has 1 N–H and O–H groups in total. The summed E-state index contributed by atoms with van der Waals surface area (Å²) in [7, 11) is 0. The van der Waals surface area contributed by atoms with E-state index in [0.717, 1.165) is 35.5 Å². The highest BCUT2D eigenvalue weighted by atomic mass is 16.5. The minimum Gasteiger partial charge on any atom is -0.490 e. The van der Waals surface area contributed by atoms with Crippen molar-refractivity contribution >= 4 is 0 Å². The topological polar surface area (TPSA) is 29.5 Å². The summed E-state index contributed by atoms with van der Waals surface area (Å²) in [5, 5.41) is 10.5. The molecule has 0 aromatic heterocycles. The van der Waals surface area contributed by atoms with Gasteiger partial charge in [-0.15, -0.1) is 0 Å². The maximum atomic E-state index is 10.5. The second-order valence-corrected chi connectivity index (χ2v) is 7.07. The smallest absolute Gasteiger partial charge is 0.119 e. The van der Waals surface area contributed by atoms with Crippen molar-refractivity contribution in [3.8, 4) is 5.75 Å². The Kier molecular flexibility index (Phi) is 3.22. The van der Waals surface area contributed by atoms with E-state index >= 15 is 0 Å². The summed E-state index contributed by atoms with van der Waals surface area (Å²) in [6.07, 6.45) is 9.08. The Hall–Kier alpha value is -1.02. The average Bonchev–Trinajstić information content (AvgIpc) is 3.03. The zero-order chi connectivity index (χ0) is 13.5. The van der Waals surface area contributed by atoms with Crippen LogP contribution >= 0.6 is 0 Å². The van der Waals surface area contributed by atoms with E-state index < -0.39 is 0 Å². The highest BCUT2D eigenvalue weighted by Gasteiger charge is 2.40. The van der Waals surface area contributed by atoms with Crippen molar-refractivity contribution in [1.82, 2.24) is 0 Å². The van der Waals surface area contributed by atoms with Crippen LogP contribution < -0.4 is 4.74 Å². The molecule has 0 amide bonds. The molecule has 108 valence electrons. The third-order valence-electron chi connectivity index (χ3n) is 5.50. The summed E-state index contributed by atoms with van der Waals surface area (Å²) in [6.45, 7) is 0. The molecule has 2 nitrogen and oxygen atoms in total. The van der Waals surface area contributed by atoms with Crippen molar-refractivity contribution in [2.75, 3.05) is 0 Å². The molecule has 3 aliphatic carbocycles. The molecule has 3 aliphatic rings. The van der Waals surface area contributed by atoms with Crippen molar-refractivity contribution in [2.45, 2.75) is 57.2 Å². The highest BCUT2D eigenvalue weighted by molar-refractivity contribution is 5.29. The predicted octanol–water partition coefficient (Wildman–Crippen LogP) is 4.09. The third kappa shape index (κ3) is 2.58. The molecule has 0 radical (unpaired) electrons. The molecule has 1 aromatic rings. The summed E-state index contributed by atoms with van der Waals surface area (Å²) in [6, 6.07) is 8.10. The van der Waals surface area contributed by atoms with Gasteiger partial charge < -0.3 is 9.84 Å². The van der Waals surface area contributed by atoms with Gasteiger partial charge in [0.15, 0.2) is 0 Å². The van der Waals surface area contributed by atoms with E-state index in [1.807, 2.05) is 24.3 Å². The monoisotopic (exact) mass is 272 g/mol. The van der Waals surface area contributed by atoms with Gasteiger partial charge in [-0.3, -0.25) is 0 Å². The molecule has 3 saturated carbocycles. The second-order valence-electron chi connectivity index (χ2n) is 7.07. The van der Waals surface area contributed by atoms with Gasteiger partial charge in [0.25, 0.3) is 0 Å². The van der Waals surface area contributed by atoms with Crippen molar-refractivity contribution < 1.29 is 9.84 Å². The first kappa shape index (κ1) is 12.7. The normalized spacial score (nSPS) is 33.4. The Bertz CT molecular complexity index is 463. The van der Waals surface area contributed by atoms with Crippen LogP contribution in [0.5, 0.6) is 5.75 Å². The van der Waals surface area contributed by atoms with Crippen LogP contribution in [-0.4, -0.2) is 11.2 Å². The lowest BCUT2D eigenvalue weighted by molar-refractivity contribution is 0.125. The van der Waals surface area contributed by atoms with Crippen LogP contribution in [0, 0.1) is 17.8 Å². The van der Waals surface area contributed by atoms with Gasteiger partial charge in [0.05, 0.1) is 12.2 Å². The molecule has 20 heavy (non-hydrogen) atoms. The number of hydrogen-bond acceptors (Lipinski definition) is 2. The van der Waals surface area contributed by atoms with Gasteiger partial charge >= 0.3 is 0 Å². The van der Waals surface area contributed by atoms with Crippen LogP contribution in [0.3, 0.4) is 0 Å². The van der Waals surface area contributed by atoms with Gasteiger partial charge in [0, 0.05) is 0 Å². The zero-order valence-corrected chi connectivity index (χ0v) is 12.0. The summed E-state index contributed by atoms with van der Waals surface area (Å²) in [5.74, 6) is 3.56. The molecule has 0 heterocycles. The van der Waals surface area contributed by atoms with Crippen molar-refractivity contribution in [1.29, 1.82) is 0 Å². The van der Waals surface area contributed by atoms with Crippen LogP contribution in [0.2, 0.25) is 0 Å². The average molecular weight is 272 g/mol. The number of aliphatic hydroxyl groups is 1. The molecule has 1 aromatic carbocycles. The van der Waals surface area contributed by atoms with Gasteiger partial charge in [-0.1, -0.05) is 18.6 Å². The second kappa shape index (κ2) is 5.07. The van der Waals surface area contributed by atoms with Crippen LogP contribution in [0.4, 0.5) is 0 Å². The van der Waals surface area contributed by atoms with E-state index in [-0.39, 0.29) is 6.10 Å². The van der Waals surface area contributed by atoms with Crippen molar-refractivity contribution in [2.24, 2.45) is 17.8 Å². The molecule has 0 aliphatic heterocycles. The zero-order valence-electron chi connectivity index (χ0n) is 12.0. The Morgan fingerprint density at radius 2 is 1.85 bits per heavy atom. The fourth-order valence-electron chi connectivity index (χ4n) is 4.23. The lowest BCUT2D eigenvalue weighted by Gasteiger charge is -2.24. The lowest BCUT2D eigenvalue weighted by Crippen LogP contribution is -2.14. The lowest BCUT2D eigenvalue weighted by atomic mass is 9.83. The Balaban J connectivity index is 1.36. The molecule has 2 heteroatoms. The van der Waals surface area contributed by atoms with E-state index in [1.165, 1.54) is 38.5 Å². The van der Waals surface area contributed by atoms with E-state index in [9.17, 15) is 5.11 Å².